The molecule has 0 unspecified atom stereocenters. The zero-order valence-corrected chi connectivity index (χ0v) is 9.34. The molecule has 0 aliphatic carbocycles. The molecule has 0 radical (unpaired) electrons. The minimum absolute atomic E-state index is 0.157. The minimum Gasteiger partial charge on any atom is -0.486 e. The van der Waals surface area contributed by atoms with Crippen molar-refractivity contribution in [3.63, 3.8) is 0 Å². The molecular weight excluding hydrogens is 236 g/mol. The first-order valence-corrected chi connectivity index (χ1v) is 5.39. The molecular formula is C11H10N4O3. The molecule has 1 amide bonds. The zero-order valence-electron chi connectivity index (χ0n) is 9.34. The second kappa shape index (κ2) is 4.36. The Morgan fingerprint density at radius 2 is 2.11 bits per heavy atom. The molecule has 0 saturated carbocycles. The van der Waals surface area contributed by atoms with Crippen LogP contribution in [0.25, 0.3) is 0 Å². The third kappa shape index (κ3) is 1.97. The van der Waals surface area contributed by atoms with Crippen LogP contribution in [-0.2, 0) is 0 Å². The monoisotopic (exact) mass is 246 g/mol. The van der Waals surface area contributed by atoms with Gasteiger partial charge in [-0.1, -0.05) is 0 Å². The summed E-state index contributed by atoms with van der Waals surface area (Å²) in [6.45, 7) is 1.04. The first-order valence-electron chi connectivity index (χ1n) is 5.39. The number of ether oxygens (including phenoxy) is 2. The van der Waals surface area contributed by atoms with E-state index in [1.54, 1.807) is 18.2 Å². The number of nitrogens with one attached hydrogen (secondary N) is 2. The SMILES string of the molecule is O=C(Nc1ccc2c(c1)OCCO2)c1ncn[nH]1. The lowest BCUT2D eigenvalue weighted by atomic mass is 10.2. The fourth-order valence-corrected chi connectivity index (χ4v) is 1.63. The smallest absolute Gasteiger partial charge is 0.292 e. The van der Waals surface area contributed by atoms with E-state index in [0.717, 1.165) is 0 Å². The van der Waals surface area contributed by atoms with Gasteiger partial charge in [0.25, 0.3) is 5.91 Å². The van der Waals surface area contributed by atoms with Gasteiger partial charge in [0, 0.05) is 11.8 Å². The number of carbonyl (C=O) groups excluding carboxylic acids is 1. The van der Waals surface area contributed by atoms with E-state index < -0.39 is 0 Å². The van der Waals surface area contributed by atoms with Crippen LogP contribution >= 0.6 is 0 Å². The average Bonchev–Trinajstić information content (AvgIpc) is 2.92. The van der Waals surface area contributed by atoms with Crippen LogP contribution in [0.1, 0.15) is 10.6 Å². The van der Waals surface area contributed by atoms with E-state index in [2.05, 4.69) is 20.5 Å². The summed E-state index contributed by atoms with van der Waals surface area (Å²) in [4.78, 5) is 15.5. The Balaban J connectivity index is 1.79. The number of hydrogen-bond acceptors (Lipinski definition) is 5. The third-order valence-corrected chi connectivity index (χ3v) is 2.43. The van der Waals surface area contributed by atoms with E-state index in [-0.39, 0.29) is 11.7 Å². The Hall–Kier alpha value is -2.57. The Kier molecular flexibility index (Phi) is 2.56. The van der Waals surface area contributed by atoms with Crippen molar-refractivity contribution >= 4 is 11.6 Å². The number of aromatic nitrogens is 3. The quantitative estimate of drug-likeness (QED) is 0.819. The summed E-state index contributed by atoms with van der Waals surface area (Å²) in [5.74, 6) is 1.10. The molecule has 7 heteroatoms. The number of H-pyrrole nitrogens is 1. The minimum atomic E-state index is -0.357. The lowest BCUT2D eigenvalue weighted by Crippen LogP contribution is -2.17. The first kappa shape index (κ1) is 10.6. The molecule has 1 aromatic heterocycles. The highest BCUT2D eigenvalue weighted by Crippen LogP contribution is 2.32. The van der Waals surface area contributed by atoms with Gasteiger partial charge in [-0.2, -0.15) is 5.10 Å². The van der Waals surface area contributed by atoms with Gasteiger partial charge in [-0.05, 0) is 12.1 Å². The molecule has 0 fully saturated rings. The summed E-state index contributed by atoms with van der Waals surface area (Å²) < 4.78 is 10.8. The number of hydrogen-bond donors (Lipinski definition) is 2. The lowest BCUT2D eigenvalue weighted by Gasteiger charge is -2.18. The third-order valence-electron chi connectivity index (χ3n) is 2.43. The van der Waals surface area contributed by atoms with Crippen LogP contribution < -0.4 is 14.8 Å². The van der Waals surface area contributed by atoms with Crippen molar-refractivity contribution in [1.29, 1.82) is 0 Å². The van der Waals surface area contributed by atoms with Crippen LogP contribution in [0.5, 0.6) is 11.5 Å². The van der Waals surface area contributed by atoms with Crippen molar-refractivity contribution in [2.45, 2.75) is 0 Å². The molecule has 7 nitrogen and oxygen atoms in total. The van der Waals surface area contributed by atoms with Crippen LogP contribution in [0.4, 0.5) is 5.69 Å². The molecule has 2 aromatic rings. The number of amides is 1. The molecule has 0 bridgehead atoms. The van der Waals surface area contributed by atoms with E-state index in [9.17, 15) is 4.79 Å². The largest absolute Gasteiger partial charge is 0.486 e. The van der Waals surface area contributed by atoms with Crippen molar-refractivity contribution in [3.8, 4) is 11.5 Å². The van der Waals surface area contributed by atoms with Crippen molar-refractivity contribution in [2.24, 2.45) is 0 Å². The fraction of sp³-hybridized carbons (Fsp3) is 0.182. The Morgan fingerprint density at radius 1 is 1.28 bits per heavy atom. The van der Waals surface area contributed by atoms with Crippen molar-refractivity contribution in [2.75, 3.05) is 18.5 Å². The van der Waals surface area contributed by atoms with Gasteiger partial charge in [-0.15, -0.1) is 0 Å². The Bertz CT molecular complexity index is 568. The molecule has 0 saturated heterocycles. The molecule has 3 rings (SSSR count). The van der Waals surface area contributed by atoms with Gasteiger partial charge >= 0.3 is 0 Å². The second-order valence-electron chi connectivity index (χ2n) is 3.65. The maximum absolute atomic E-state index is 11.7. The molecule has 2 N–H and O–H groups in total. The van der Waals surface area contributed by atoms with Crippen LogP contribution in [0.2, 0.25) is 0 Å². The number of nitrogens with zero attached hydrogens (tertiary/aromatic N) is 2. The molecule has 1 aliphatic rings. The predicted molar refractivity (Wildman–Crippen MR) is 61.8 cm³/mol. The summed E-state index contributed by atoms with van der Waals surface area (Å²) in [6, 6.07) is 5.20. The molecule has 2 heterocycles. The number of carbonyl (C=O) groups is 1. The van der Waals surface area contributed by atoms with Crippen LogP contribution in [0.3, 0.4) is 0 Å². The Morgan fingerprint density at radius 3 is 2.89 bits per heavy atom. The molecule has 0 atom stereocenters. The van der Waals surface area contributed by atoms with Gasteiger partial charge in [0.15, 0.2) is 11.5 Å². The standard InChI is InChI=1S/C11H10N4O3/c16-11(10-12-6-13-15-10)14-7-1-2-8-9(5-7)18-4-3-17-8/h1-2,5-6H,3-4H2,(H,14,16)(H,12,13,15). The summed E-state index contributed by atoms with van der Waals surface area (Å²) >= 11 is 0. The molecule has 1 aliphatic heterocycles. The Labute approximate surface area is 102 Å². The summed E-state index contributed by atoms with van der Waals surface area (Å²) in [5, 5.41) is 8.79. The number of fused-ring (bicyclic) bond motifs is 1. The first-order chi connectivity index (χ1) is 8.83. The maximum atomic E-state index is 11.7. The average molecular weight is 246 g/mol. The highest BCUT2D eigenvalue weighted by molar-refractivity contribution is 6.01. The number of anilines is 1. The predicted octanol–water partition coefficient (Wildman–Crippen LogP) is 0.828. The van der Waals surface area contributed by atoms with Crippen molar-refractivity contribution < 1.29 is 14.3 Å². The molecule has 0 spiro atoms. The van der Waals surface area contributed by atoms with Gasteiger partial charge in [-0.3, -0.25) is 9.89 Å². The summed E-state index contributed by atoms with van der Waals surface area (Å²) in [7, 11) is 0. The molecule has 18 heavy (non-hydrogen) atoms. The number of rotatable bonds is 2. The topological polar surface area (TPSA) is 89.1 Å². The van der Waals surface area contributed by atoms with Crippen LogP contribution in [0, 0.1) is 0 Å². The second-order valence-corrected chi connectivity index (χ2v) is 3.65. The van der Waals surface area contributed by atoms with Gasteiger partial charge in [0.1, 0.15) is 19.5 Å². The zero-order chi connectivity index (χ0) is 12.4. The highest BCUT2D eigenvalue weighted by atomic mass is 16.6. The van der Waals surface area contributed by atoms with E-state index >= 15 is 0 Å². The normalized spacial score (nSPS) is 13.1. The van der Waals surface area contributed by atoms with Crippen molar-refractivity contribution in [3.05, 3.63) is 30.4 Å². The number of aromatic amines is 1. The van der Waals surface area contributed by atoms with Gasteiger partial charge < -0.3 is 14.8 Å². The van der Waals surface area contributed by atoms with Gasteiger partial charge in [-0.25, -0.2) is 4.98 Å². The van der Waals surface area contributed by atoms with Gasteiger partial charge in [0.05, 0.1) is 0 Å². The lowest BCUT2D eigenvalue weighted by molar-refractivity contribution is 0.101. The summed E-state index contributed by atoms with van der Waals surface area (Å²) in [6.07, 6.45) is 1.28. The van der Waals surface area contributed by atoms with Crippen molar-refractivity contribution in [1.82, 2.24) is 15.2 Å². The highest BCUT2D eigenvalue weighted by Gasteiger charge is 2.14. The molecule has 1 aromatic carbocycles. The fourth-order valence-electron chi connectivity index (χ4n) is 1.63. The molecule has 92 valence electrons. The van der Waals surface area contributed by atoms with E-state index in [4.69, 9.17) is 9.47 Å². The van der Waals surface area contributed by atoms with Crippen LogP contribution in [0.15, 0.2) is 24.5 Å². The van der Waals surface area contributed by atoms with E-state index in [1.165, 1.54) is 6.33 Å². The van der Waals surface area contributed by atoms with Crippen LogP contribution in [-0.4, -0.2) is 34.3 Å². The van der Waals surface area contributed by atoms with Gasteiger partial charge in [0.2, 0.25) is 5.82 Å². The summed E-state index contributed by atoms with van der Waals surface area (Å²) in [5.41, 5.74) is 0.612. The number of benzene rings is 1. The maximum Gasteiger partial charge on any atom is 0.292 e. The van der Waals surface area contributed by atoms with E-state index in [0.29, 0.717) is 30.4 Å². The van der Waals surface area contributed by atoms with E-state index in [1.807, 2.05) is 0 Å².